The number of nitrogens with zero attached hydrogens (tertiary/aromatic N) is 3. The third kappa shape index (κ3) is 3.64. The van der Waals surface area contributed by atoms with E-state index in [0.29, 0.717) is 17.6 Å². The minimum absolute atomic E-state index is 0.00212. The van der Waals surface area contributed by atoms with E-state index in [1.54, 1.807) is 0 Å². The van der Waals surface area contributed by atoms with Gasteiger partial charge in [0.15, 0.2) is 5.82 Å². The largest absolute Gasteiger partial charge is 0.348 e. The van der Waals surface area contributed by atoms with Crippen LogP contribution in [0.1, 0.15) is 92.5 Å². The summed E-state index contributed by atoms with van der Waals surface area (Å²) in [4.78, 5) is 32.5. The number of likely N-dealkylation sites (tertiary alicyclic amines) is 1. The van der Waals surface area contributed by atoms with Crippen molar-refractivity contribution in [2.45, 2.75) is 90.8 Å². The molecule has 0 bridgehead atoms. The van der Waals surface area contributed by atoms with E-state index in [0.717, 1.165) is 63.7 Å². The molecule has 6 nitrogen and oxygen atoms in total. The van der Waals surface area contributed by atoms with Crippen LogP contribution in [0.15, 0.2) is 0 Å². The smallest absolute Gasteiger partial charge is 0.290 e. The first kappa shape index (κ1) is 18.9. The van der Waals surface area contributed by atoms with E-state index in [2.05, 4.69) is 17.2 Å². The van der Waals surface area contributed by atoms with Crippen LogP contribution in [0.3, 0.4) is 0 Å². The fourth-order valence-corrected chi connectivity index (χ4v) is 4.10. The van der Waals surface area contributed by atoms with Crippen molar-refractivity contribution in [1.29, 1.82) is 0 Å². The molecular formula is C20H32N4O2. The number of hydrogen-bond acceptors (Lipinski definition) is 3. The zero-order valence-corrected chi connectivity index (χ0v) is 16.4. The van der Waals surface area contributed by atoms with Crippen molar-refractivity contribution in [2.75, 3.05) is 6.54 Å². The molecule has 1 aromatic heterocycles. The maximum atomic E-state index is 13.3. The molecule has 0 spiro atoms. The number of piperidine rings is 1. The van der Waals surface area contributed by atoms with Crippen LogP contribution in [0, 0.1) is 0 Å². The first-order chi connectivity index (χ1) is 12.6. The van der Waals surface area contributed by atoms with Crippen LogP contribution >= 0.6 is 0 Å². The summed E-state index contributed by atoms with van der Waals surface area (Å²) >= 11 is 0. The van der Waals surface area contributed by atoms with Gasteiger partial charge in [-0.1, -0.05) is 13.8 Å². The summed E-state index contributed by atoms with van der Waals surface area (Å²) < 4.78 is 2.01. The molecule has 1 fully saturated rings. The third-order valence-electron chi connectivity index (χ3n) is 5.87. The van der Waals surface area contributed by atoms with Crippen molar-refractivity contribution in [1.82, 2.24) is 19.8 Å². The van der Waals surface area contributed by atoms with Gasteiger partial charge in [0.05, 0.1) is 5.69 Å². The van der Waals surface area contributed by atoms with Crippen LogP contribution in [-0.4, -0.2) is 44.9 Å². The number of fused-ring (bicyclic) bond motifs is 1. The zero-order valence-electron chi connectivity index (χ0n) is 16.4. The van der Waals surface area contributed by atoms with Gasteiger partial charge in [0, 0.05) is 25.2 Å². The van der Waals surface area contributed by atoms with Gasteiger partial charge >= 0.3 is 0 Å². The van der Waals surface area contributed by atoms with Crippen LogP contribution in [0.4, 0.5) is 0 Å². The molecular weight excluding hydrogens is 328 g/mol. The average molecular weight is 361 g/mol. The van der Waals surface area contributed by atoms with Gasteiger partial charge in [-0.05, 0) is 58.3 Å². The van der Waals surface area contributed by atoms with E-state index < -0.39 is 0 Å². The second kappa shape index (κ2) is 8.23. The van der Waals surface area contributed by atoms with Crippen molar-refractivity contribution < 1.29 is 9.59 Å². The molecule has 0 saturated carbocycles. The number of nitrogens with one attached hydrogen (secondary N) is 1. The quantitative estimate of drug-likeness (QED) is 0.877. The van der Waals surface area contributed by atoms with E-state index in [1.807, 2.05) is 23.3 Å². The van der Waals surface area contributed by atoms with Gasteiger partial charge in [-0.3, -0.25) is 9.59 Å². The van der Waals surface area contributed by atoms with Crippen LogP contribution in [-0.2, 0) is 13.0 Å². The average Bonchev–Trinajstić information content (AvgIpc) is 3.07. The third-order valence-corrected chi connectivity index (χ3v) is 5.87. The molecule has 6 heteroatoms. The second-order valence-electron chi connectivity index (χ2n) is 7.68. The number of amides is 2. The number of carbonyl (C=O) groups excluding carboxylic acids is 2. The Morgan fingerprint density at radius 3 is 2.69 bits per heavy atom. The van der Waals surface area contributed by atoms with E-state index >= 15 is 0 Å². The Morgan fingerprint density at radius 1 is 1.19 bits per heavy atom. The SMILES string of the molecule is CCC(C)NC(=O)c1nc(C(=O)N2CCCCC2CC)n2c1CCCC2. The fourth-order valence-electron chi connectivity index (χ4n) is 4.10. The predicted molar refractivity (Wildman–Crippen MR) is 101 cm³/mol. The number of hydrogen-bond donors (Lipinski definition) is 1. The summed E-state index contributed by atoms with van der Waals surface area (Å²) in [7, 11) is 0. The van der Waals surface area contributed by atoms with Gasteiger partial charge in [0.25, 0.3) is 11.8 Å². The monoisotopic (exact) mass is 360 g/mol. The topological polar surface area (TPSA) is 67.2 Å². The number of rotatable bonds is 5. The number of carbonyl (C=O) groups is 2. The summed E-state index contributed by atoms with van der Waals surface area (Å²) in [6, 6.07) is 0.402. The van der Waals surface area contributed by atoms with Crippen molar-refractivity contribution in [3.63, 3.8) is 0 Å². The van der Waals surface area contributed by atoms with Crippen molar-refractivity contribution >= 4 is 11.8 Å². The fraction of sp³-hybridized carbons (Fsp3) is 0.750. The van der Waals surface area contributed by atoms with Gasteiger partial charge in [-0.25, -0.2) is 4.98 Å². The standard InChI is InChI=1S/C20H32N4O2/c1-4-14(3)21-19(25)17-16-11-7-9-13-24(16)18(22-17)20(26)23-12-8-6-10-15(23)5-2/h14-15H,4-13H2,1-3H3,(H,21,25). The molecule has 1 aromatic rings. The summed E-state index contributed by atoms with van der Waals surface area (Å²) in [5, 5.41) is 3.01. The van der Waals surface area contributed by atoms with Crippen LogP contribution in [0.5, 0.6) is 0 Å². The van der Waals surface area contributed by atoms with Crippen LogP contribution in [0.2, 0.25) is 0 Å². The molecule has 1 N–H and O–H groups in total. The first-order valence-corrected chi connectivity index (χ1v) is 10.3. The molecule has 26 heavy (non-hydrogen) atoms. The Labute approximate surface area is 156 Å². The molecule has 2 atom stereocenters. The molecule has 0 radical (unpaired) electrons. The molecule has 2 aliphatic heterocycles. The minimum Gasteiger partial charge on any atom is -0.348 e. The Balaban J connectivity index is 1.92. The molecule has 1 saturated heterocycles. The van der Waals surface area contributed by atoms with E-state index in [4.69, 9.17) is 0 Å². The lowest BCUT2D eigenvalue weighted by molar-refractivity contribution is 0.0589. The summed E-state index contributed by atoms with van der Waals surface area (Å²) in [6.45, 7) is 7.76. The molecule has 144 valence electrons. The highest BCUT2D eigenvalue weighted by atomic mass is 16.2. The lowest BCUT2D eigenvalue weighted by atomic mass is 10.00. The second-order valence-corrected chi connectivity index (χ2v) is 7.68. The maximum Gasteiger partial charge on any atom is 0.290 e. The molecule has 3 rings (SSSR count). The molecule has 2 unspecified atom stereocenters. The predicted octanol–water partition coefficient (Wildman–Crippen LogP) is 3.15. The Hall–Kier alpha value is -1.85. The highest BCUT2D eigenvalue weighted by Crippen LogP contribution is 2.25. The van der Waals surface area contributed by atoms with Crippen molar-refractivity contribution in [3.8, 4) is 0 Å². The normalized spacial score (nSPS) is 21.2. The summed E-state index contributed by atoms with van der Waals surface area (Å²) in [6.07, 6.45) is 8.05. The van der Waals surface area contributed by atoms with Gasteiger partial charge in [-0.2, -0.15) is 0 Å². The van der Waals surface area contributed by atoms with Crippen LogP contribution < -0.4 is 5.32 Å². The van der Waals surface area contributed by atoms with Crippen molar-refractivity contribution in [2.24, 2.45) is 0 Å². The molecule has 0 aromatic carbocycles. The van der Waals surface area contributed by atoms with Gasteiger partial charge < -0.3 is 14.8 Å². The highest BCUT2D eigenvalue weighted by Gasteiger charge is 2.33. The molecule has 2 aliphatic rings. The van der Waals surface area contributed by atoms with E-state index in [-0.39, 0.29) is 17.9 Å². The highest BCUT2D eigenvalue weighted by molar-refractivity contribution is 5.97. The Bertz CT molecular complexity index is 667. The lowest BCUT2D eigenvalue weighted by Crippen LogP contribution is -2.44. The van der Waals surface area contributed by atoms with E-state index in [1.165, 1.54) is 6.42 Å². The van der Waals surface area contributed by atoms with Gasteiger partial charge in [-0.15, -0.1) is 0 Å². The summed E-state index contributed by atoms with van der Waals surface area (Å²) in [5.41, 5.74) is 1.39. The van der Waals surface area contributed by atoms with Crippen LogP contribution in [0.25, 0.3) is 0 Å². The molecule has 3 heterocycles. The number of imidazole rings is 1. The van der Waals surface area contributed by atoms with E-state index in [9.17, 15) is 9.59 Å². The van der Waals surface area contributed by atoms with Gasteiger partial charge in [0.2, 0.25) is 0 Å². The lowest BCUT2D eigenvalue weighted by Gasteiger charge is -2.35. The Kier molecular flexibility index (Phi) is 5.99. The molecule has 2 amide bonds. The van der Waals surface area contributed by atoms with Crippen molar-refractivity contribution in [3.05, 3.63) is 17.2 Å². The molecule has 0 aliphatic carbocycles. The van der Waals surface area contributed by atoms with Gasteiger partial charge in [0.1, 0.15) is 5.69 Å². The first-order valence-electron chi connectivity index (χ1n) is 10.3. The number of aromatic nitrogens is 2. The Morgan fingerprint density at radius 2 is 1.96 bits per heavy atom. The zero-order chi connectivity index (χ0) is 18.7. The maximum absolute atomic E-state index is 13.3. The minimum atomic E-state index is -0.144. The summed E-state index contributed by atoms with van der Waals surface area (Å²) in [5.74, 6) is 0.325.